The first-order valence-corrected chi connectivity index (χ1v) is 11.7. The number of aromatic nitrogens is 1. The zero-order chi connectivity index (χ0) is 23.4. The van der Waals surface area contributed by atoms with Gasteiger partial charge in [-0.2, -0.15) is 0 Å². The number of urea groups is 1. The summed E-state index contributed by atoms with van der Waals surface area (Å²) in [5, 5.41) is 0. The molecule has 0 aliphatic carbocycles. The smallest absolute Gasteiger partial charge is 0.328 e. The number of amides is 3. The molecule has 1 atom stereocenters. The number of pyridine rings is 1. The van der Waals surface area contributed by atoms with Gasteiger partial charge in [0.25, 0.3) is 5.91 Å². The predicted molar refractivity (Wildman–Crippen MR) is 124 cm³/mol. The number of imide groups is 1. The molecule has 3 amide bonds. The summed E-state index contributed by atoms with van der Waals surface area (Å²) < 4.78 is 11.0. The minimum atomic E-state index is -0.780. The van der Waals surface area contributed by atoms with Crippen LogP contribution in [0.2, 0.25) is 0 Å². The van der Waals surface area contributed by atoms with Gasteiger partial charge in [-0.25, -0.2) is 4.79 Å². The number of rotatable bonds is 9. The second-order valence-corrected chi connectivity index (χ2v) is 9.19. The molecule has 0 unspecified atom stereocenters. The number of nitrogens with zero attached hydrogens (tertiary/aromatic N) is 4. The first-order valence-electron chi connectivity index (χ1n) is 11.7. The molecule has 33 heavy (non-hydrogen) atoms. The van der Waals surface area contributed by atoms with Crippen molar-refractivity contribution in [3.8, 4) is 0 Å². The molecular weight excluding hydrogens is 420 g/mol. The lowest BCUT2D eigenvalue weighted by atomic mass is 9.85. The fourth-order valence-corrected chi connectivity index (χ4v) is 4.96. The van der Waals surface area contributed by atoms with E-state index >= 15 is 0 Å². The van der Waals surface area contributed by atoms with Crippen LogP contribution in [0.5, 0.6) is 0 Å². The van der Waals surface area contributed by atoms with E-state index < -0.39 is 5.54 Å². The van der Waals surface area contributed by atoms with Crippen LogP contribution in [0.15, 0.2) is 41.1 Å². The van der Waals surface area contributed by atoms with E-state index in [2.05, 4.69) is 22.9 Å². The van der Waals surface area contributed by atoms with Crippen molar-refractivity contribution in [3.05, 3.63) is 53.7 Å². The van der Waals surface area contributed by atoms with E-state index in [0.717, 1.165) is 43.1 Å². The molecule has 4 rings (SSSR count). The molecule has 2 aromatic rings. The number of piperidine rings is 1. The molecule has 0 saturated carbocycles. The Morgan fingerprint density at radius 1 is 1.18 bits per heavy atom. The summed E-state index contributed by atoms with van der Waals surface area (Å²) in [6, 6.07) is 7.55. The Balaban J connectivity index is 1.42. The molecule has 8 nitrogen and oxygen atoms in total. The van der Waals surface area contributed by atoms with E-state index in [1.165, 1.54) is 4.90 Å². The molecule has 0 N–H and O–H groups in total. The van der Waals surface area contributed by atoms with Gasteiger partial charge in [0.2, 0.25) is 0 Å². The van der Waals surface area contributed by atoms with E-state index in [0.29, 0.717) is 31.9 Å². The summed E-state index contributed by atoms with van der Waals surface area (Å²) >= 11 is 0. The van der Waals surface area contributed by atoms with Crippen LogP contribution in [0.25, 0.3) is 0 Å². The van der Waals surface area contributed by atoms with Gasteiger partial charge in [-0.1, -0.05) is 13.0 Å². The topological polar surface area (TPSA) is 79.1 Å². The summed E-state index contributed by atoms with van der Waals surface area (Å²) in [7, 11) is 1.62. The van der Waals surface area contributed by atoms with E-state index in [-0.39, 0.29) is 18.5 Å². The highest BCUT2D eigenvalue weighted by Crippen LogP contribution is 2.38. The lowest BCUT2D eigenvalue weighted by Crippen LogP contribution is -2.57. The summed E-state index contributed by atoms with van der Waals surface area (Å²) in [5.41, 5.74) is 0.0699. The molecule has 2 saturated heterocycles. The third-order valence-corrected chi connectivity index (χ3v) is 7.01. The Morgan fingerprint density at radius 3 is 2.61 bits per heavy atom. The predicted octanol–water partition coefficient (Wildman–Crippen LogP) is 3.42. The zero-order valence-corrected chi connectivity index (χ0v) is 19.8. The average molecular weight is 455 g/mol. The van der Waals surface area contributed by atoms with Gasteiger partial charge in [0.1, 0.15) is 17.1 Å². The standard InChI is InChI=1S/C25H34N4O4/c1-19(22-7-6-20(2)33-22)8-12-27-13-9-25(10-14-27)23(30)28(18-21-5-4-11-26-17-21)24(31)29(25)15-16-32-3/h4-7,11,17,19H,8-10,12-16,18H2,1-3H3/t19-/m1/s1. The third-order valence-electron chi connectivity index (χ3n) is 7.01. The first-order chi connectivity index (χ1) is 15.9. The quantitative estimate of drug-likeness (QED) is 0.540. The Bertz CT molecular complexity index is 952. The Kier molecular flexibility index (Phi) is 7.14. The Morgan fingerprint density at radius 2 is 1.97 bits per heavy atom. The highest BCUT2D eigenvalue weighted by molar-refractivity contribution is 6.07. The summed E-state index contributed by atoms with van der Waals surface area (Å²) in [4.78, 5) is 36.5. The number of ether oxygens (including phenoxy) is 1. The Hall–Kier alpha value is -2.71. The highest BCUT2D eigenvalue weighted by Gasteiger charge is 2.57. The van der Waals surface area contributed by atoms with Gasteiger partial charge < -0.3 is 19.0 Å². The van der Waals surface area contributed by atoms with Crippen molar-refractivity contribution < 1.29 is 18.7 Å². The van der Waals surface area contributed by atoms with Gasteiger partial charge in [-0.3, -0.25) is 14.7 Å². The highest BCUT2D eigenvalue weighted by atomic mass is 16.5. The fraction of sp³-hybridized carbons (Fsp3) is 0.560. The number of carbonyl (C=O) groups is 2. The Labute approximate surface area is 195 Å². The summed E-state index contributed by atoms with van der Waals surface area (Å²) in [6.07, 6.45) is 5.66. The summed E-state index contributed by atoms with van der Waals surface area (Å²) in [6.45, 7) is 7.74. The SMILES string of the molecule is COCCN1C(=O)N(Cc2cccnc2)C(=O)C12CCN(CC[C@@H](C)c1ccc(C)o1)CC2. The lowest BCUT2D eigenvalue weighted by Gasteiger charge is -2.42. The maximum Gasteiger partial charge on any atom is 0.328 e. The van der Waals surface area contributed by atoms with E-state index in [4.69, 9.17) is 9.15 Å². The minimum absolute atomic E-state index is 0.0912. The van der Waals surface area contributed by atoms with E-state index in [1.807, 2.05) is 25.1 Å². The second kappa shape index (κ2) is 10.1. The number of hydrogen-bond donors (Lipinski definition) is 0. The molecule has 2 fully saturated rings. The molecule has 2 aliphatic heterocycles. The lowest BCUT2D eigenvalue weighted by molar-refractivity contribution is -0.136. The molecule has 4 heterocycles. The molecule has 0 bridgehead atoms. The number of hydrogen-bond acceptors (Lipinski definition) is 6. The van der Waals surface area contributed by atoms with Crippen LogP contribution in [0.4, 0.5) is 4.79 Å². The number of likely N-dealkylation sites (tertiary alicyclic amines) is 1. The van der Waals surface area contributed by atoms with Crippen molar-refractivity contribution in [2.45, 2.75) is 51.1 Å². The molecular formula is C25H34N4O4. The van der Waals surface area contributed by atoms with Gasteiger partial charge in [0.15, 0.2) is 0 Å². The van der Waals surface area contributed by atoms with Crippen LogP contribution < -0.4 is 0 Å². The fourth-order valence-electron chi connectivity index (χ4n) is 4.96. The number of furan rings is 1. The molecule has 178 valence electrons. The zero-order valence-electron chi connectivity index (χ0n) is 19.8. The van der Waals surface area contributed by atoms with Crippen LogP contribution in [-0.2, 0) is 16.1 Å². The van der Waals surface area contributed by atoms with Crippen molar-refractivity contribution >= 4 is 11.9 Å². The summed E-state index contributed by atoms with van der Waals surface area (Å²) in [5.74, 6) is 2.21. The maximum absolute atomic E-state index is 13.6. The van der Waals surface area contributed by atoms with Gasteiger partial charge in [0, 0.05) is 45.1 Å². The van der Waals surface area contributed by atoms with Crippen molar-refractivity contribution in [3.63, 3.8) is 0 Å². The molecule has 1 spiro atoms. The third kappa shape index (κ3) is 4.82. The van der Waals surface area contributed by atoms with Gasteiger partial charge in [-0.05, 0) is 56.5 Å². The van der Waals surface area contributed by atoms with E-state index in [9.17, 15) is 9.59 Å². The largest absolute Gasteiger partial charge is 0.466 e. The van der Waals surface area contributed by atoms with Crippen LogP contribution in [0, 0.1) is 6.92 Å². The van der Waals surface area contributed by atoms with Crippen molar-refractivity contribution in [1.82, 2.24) is 19.7 Å². The normalized spacial score (nSPS) is 19.6. The van der Waals surface area contributed by atoms with Crippen LogP contribution >= 0.6 is 0 Å². The monoisotopic (exact) mass is 454 g/mol. The first kappa shape index (κ1) is 23.4. The second-order valence-electron chi connectivity index (χ2n) is 9.19. The van der Waals surface area contributed by atoms with Crippen LogP contribution in [0.1, 0.15) is 49.2 Å². The van der Waals surface area contributed by atoms with Crippen LogP contribution in [-0.4, -0.2) is 77.1 Å². The molecule has 0 radical (unpaired) electrons. The maximum atomic E-state index is 13.6. The minimum Gasteiger partial charge on any atom is -0.466 e. The molecule has 8 heteroatoms. The molecule has 2 aromatic heterocycles. The van der Waals surface area contributed by atoms with Gasteiger partial charge in [-0.15, -0.1) is 0 Å². The van der Waals surface area contributed by atoms with Gasteiger partial charge in [0.05, 0.1) is 13.2 Å². The van der Waals surface area contributed by atoms with Crippen molar-refractivity contribution in [2.24, 2.45) is 0 Å². The number of methoxy groups -OCH3 is 1. The molecule has 2 aliphatic rings. The number of aryl methyl sites for hydroxylation is 1. The van der Waals surface area contributed by atoms with Crippen molar-refractivity contribution in [1.29, 1.82) is 0 Å². The molecule has 0 aromatic carbocycles. The number of carbonyl (C=O) groups excluding carboxylic acids is 2. The van der Waals surface area contributed by atoms with Crippen LogP contribution in [0.3, 0.4) is 0 Å². The van der Waals surface area contributed by atoms with E-state index in [1.54, 1.807) is 24.4 Å². The van der Waals surface area contributed by atoms with Gasteiger partial charge >= 0.3 is 6.03 Å². The average Bonchev–Trinajstić information content (AvgIpc) is 3.34. The van der Waals surface area contributed by atoms with Crippen molar-refractivity contribution in [2.75, 3.05) is 39.9 Å².